The molecule has 1 aliphatic heterocycles. The molecule has 10 heteroatoms. The number of benzene rings is 1. The summed E-state index contributed by atoms with van der Waals surface area (Å²) in [5.41, 5.74) is 0.460. The number of nitrogens with one attached hydrogen (secondary N) is 2. The number of fused-ring (bicyclic) bond motifs is 1. The molecular weight excluding hydrogens is 366 g/mol. The SMILES string of the molecule is CC(C(=O)NC(=O)Nc1ccc2c(c1)OCCO2)N(C)CCC(=O)O.Cl. The van der Waals surface area contributed by atoms with Crippen LogP contribution < -0.4 is 20.1 Å². The van der Waals surface area contributed by atoms with E-state index in [0.29, 0.717) is 30.4 Å². The number of aliphatic carboxylic acids is 1. The van der Waals surface area contributed by atoms with E-state index in [0.717, 1.165) is 0 Å². The summed E-state index contributed by atoms with van der Waals surface area (Å²) in [5.74, 6) is -0.349. The van der Waals surface area contributed by atoms with Gasteiger partial charge in [0.2, 0.25) is 5.91 Å². The van der Waals surface area contributed by atoms with Gasteiger partial charge in [0.1, 0.15) is 13.2 Å². The molecule has 1 atom stereocenters. The van der Waals surface area contributed by atoms with Gasteiger partial charge in [0.25, 0.3) is 0 Å². The number of carbonyl (C=O) groups is 3. The average Bonchev–Trinajstić information content (AvgIpc) is 2.58. The fourth-order valence-electron chi connectivity index (χ4n) is 2.17. The molecule has 144 valence electrons. The van der Waals surface area contributed by atoms with Crippen molar-refractivity contribution < 1.29 is 29.0 Å². The van der Waals surface area contributed by atoms with E-state index in [2.05, 4.69) is 10.6 Å². The highest BCUT2D eigenvalue weighted by Gasteiger charge is 2.21. The summed E-state index contributed by atoms with van der Waals surface area (Å²) in [5, 5.41) is 13.4. The highest BCUT2D eigenvalue weighted by molar-refractivity contribution is 6.02. The third kappa shape index (κ3) is 6.08. The van der Waals surface area contributed by atoms with Crippen LogP contribution in [0.3, 0.4) is 0 Å². The van der Waals surface area contributed by atoms with E-state index in [4.69, 9.17) is 14.6 Å². The Kier molecular flexibility index (Phi) is 8.14. The summed E-state index contributed by atoms with van der Waals surface area (Å²) in [7, 11) is 1.62. The van der Waals surface area contributed by atoms with E-state index in [9.17, 15) is 14.4 Å². The Bertz CT molecular complexity index is 669. The van der Waals surface area contributed by atoms with Crippen molar-refractivity contribution in [3.63, 3.8) is 0 Å². The Morgan fingerprint density at radius 3 is 2.54 bits per heavy atom. The zero-order valence-electron chi connectivity index (χ0n) is 14.5. The van der Waals surface area contributed by atoms with Crippen molar-refractivity contribution >= 4 is 36.0 Å². The molecule has 1 aromatic rings. The molecule has 0 radical (unpaired) electrons. The minimum atomic E-state index is -0.948. The second-order valence-corrected chi connectivity index (χ2v) is 5.60. The van der Waals surface area contributed by atoms with E-state index in [1.807, 2.05) is 0 Å². The van der Waals surface area contributed by atoms with Gasteiger partial charge in [-0.1, -0.05) is 0 Å². The minimum absolute atomic E-state index is 0. The van der Waals surface area contributed by atoms with Crippen LogP contribution in [-0.4, -0.2) is 60.8 Å². The lowest BCUT2D eigenvalue weighted by Gasteiger charge is -2.23. The molecule has 0 spiro atoms. The summed E-state index contributed by atoms with van der Waals surface area (Å²) in [6, 6.07) is 3.60. The summed E-state index contributed by atoms with van der Waals surface area (Å²) < 4.78 is 10.8. The fraction of sp³-hybridized carbons (Fsp3) is 0.438. The molecule has 1 unspecified atom stereocenters. The van der Waals surface area contributed by atoms with Crippen LogP contribution in [0.1, 0.15) is 13.3 Å². The molecule has 2 rings (SSSR count). The van der Waals surface area contributed by atoms with Crippen molar-refractivity contribution in [3.8, 4) is 11.5 Å². The molecule has 3 N–H and O–H groups in total. The maximum Gasteiger partial charge on any atom is 0.325 e. The van der Waals surface area contributed by atoms with Crippen LogP contribution in [0.4, 0.5) is 10.5 Å². The van der Waals surface area contributed by atoms with E-state index in [1.165, 1.54) is 0 Å². The Morgan fingerprint density at radius 1 is 1.23 bits per heavy atom. The first-order valence-electron chi connectivity index (χ1n) is 7.80. The summed E-state index contributed by atoms with van der Waals surface area (Å²) in [4.78, 5) is 36.1. The topological polar surface area (TPSA) is 117 Å². The first-order valence-corrected chi connectivity index (χ1v) is 7.80. The smallest absolute Gasteiger partial charge is 0.325 e. The van der Waals surface area contributed by atoms with Crippen molar-refractivity contribution in [3.05, 3.63) is 18.2 Å². The molecule has 1 aromatic carbocycles. The molecule has 0 saturated carbocycles. The Hall–Kier alpha value is -2.52. The number of nitrogens with zero attached hydrogens (tertiary/aromatic N) is 1. The fourth-order valence-corrected chi connectivity index (χ4v) is 2.17. The maximum absolute atomic E-state index is 12.1. The molecule has 0 fully saturated rings. The Balaban J connectivity index is 0.00000338. The van der Waals surface area contributed by atoms with Gasteiger partial charge in [0, 0.05) is 18.3 Å². The lowest BCUT2D eigenvalue weighted by Crippen LogP contribution is -2.47. The van der Waals surface area contributed by atoms with E-state index >= 15 is 0 Å². The van der Waals surface area contributed by atoms with Crippen LogP contribution in [-0.2, 0) is 9.59 Å². The predicted octanol–water partition coefficient (Wildman–Crippen LogP) is 1.32. The van der Waals surface area contributed by atoms with Gasteiger partial charge in [-0.05, 0) is 26.1 Å². The summed E-state index contributed by atoms with van der Waals surface area (Å²) in [6.07, 6.45) is -0.0858. The van der Waals surface area contributed by atoms with Crippen molar-refractivity contribution in [2.24, 2.45) is 0 Å². The summed E-state index contributed by atoms with van der Waals surface area (Å²) >= 11 is 0. The molecule has 26 heavy (non-hydrogen) atoms. The van der Waals surface area contributed by atoms with Gasteiger partial charge in [0.15, 0.2) is 11.5 Å². The largest absolute Gasteiger partial charge is 0.486 e. The van der Waals surface area contributed by atoms with Gasteiger partial charge in [-0.2, -0.15) is 0 Å². The van der Waals surface area contributed by atoms with Crippen LogP contribution in [0.15, 0.2) is 18.2 Å². The van der Waals surface area contributed by atoms with Crippen LogP contribution in [0, 0.1) is 0 Å². The molecule has 1 heterocycles. The number of hydrogen-bond donors (Lipinski definition) is 3. The first kappa shape index (κ1) is 21.5. The number of urea groups is 1. The highest BCUT2D eigenvalue weighted by Crippen LogP contribution is 2.32. The molecule has 3 amide bonds. The molecule has 1 aliphatic rings. The normalized spacial score (nSPS) is 13.3. The number of carboxylic acid groups (broad SMARTS) is 1. The number of carboxylic acids is 1. The Morgan fingerprint density at radius 2 is 1.88 bits per heavy atom. The predicted molar refractivity (Wildman–Crippen MR) is 96.2 cm³/mol. The molecule has 9 nitrogen and oxygen atoms in total. The van der Waals surface area contributed by atoms with Crippen LogP contribution in [0.5, 0.6) is 11.5 Å². The molecule has 0 aromatic heterocycles. The number of halogens is 1. The number of carbonyl (C=O) groups excluding carboxylic acids is 2. The molecular formula is C16H22ClN3O6. The quantitative estimate of drug-likeness (QED) is 0.673. The van der Waals surface area contributed by atoms with Gasteiger partial charge in [-0.25, -0.2) is 4.79 Å². The number of rotatable bonds is 6. The average molecular weight is 388 g/mol. The van der Waals surface area contributed by atoms with Crippen LogP contribution >= 0.6 is 12.4 Å². The first-order chi connectivity index (χ1) is 11.9. The van der Waals surface area contributed by atoms with Crippen molar-refractivity contribution in [1.82, 2.24) is 10.2 Å². The third-order valence-electron chi connectivity index (χ3n) is 3.76. The second-order valence-electron chi connectivity index (χ2n) is 5.60. The minimum Gasteiger partial charge on any atom is -0.486 e. The third-order valence-corrected chi connectivity index (χ3v) is 3.76. The lowest BCUT2D eigenvalue weighted by atomic mass is 10.2. The highest BCUT2D eigenvalue weighted by atomic mass is 35.5. The monoisotopic (exact) mass is 387 g/mol. The number of hydrogen-bond acceptors (Lipinski definition) is 6. The number of likely N-dealkylation sites (N-methyl/N-ethyl adjacent to an activating group) is 1. The standard InChI is InChI=1S/C16H21N3O6.ClH/c1-10(19(2)6-5-14(20)21)15(22)18-16(23)17-11-3-4-12-13(9-11)25-8-7-24-12;/h3-4,9-10H,5-8H2,1-2H3,(H,20,21)(H2,17,18,22,23);1H. The van der Waals surface area contributed by atoms with Crippen molar-refractivity contribution in [2.75, 3.05) is 32.1 Å². The van der Waals surface area contributed by atoms with Gasteiger partial charge in [0.05, 0.1) is 12.5 Å². The van der Waals surface area contributed by atoms with E-state index in [-0.39, 0.29) is 25.4 Å². The van der Waals surface area contributed by atoms with Gasteiger partial charge in [-0.3, -0.25) is 19.8 Å². The number of amides is 3. The maximum atomic E-state index is 12.1. The summed E-state index contributed by atoms with van der Waals surface area (Å²) in [6.45, 7) is 2.70. The molecule has 0 aliphatic carbocycles. The number of ether oxygens (including phenoxy) is 2. The van der Waals surface area contributed by atoms with E-state index in [1.54, 1.807) is 37.1 Å². The lowest BCUT2D eigenvalue weighted by molar-refractivity contribution is -0.138. The van der Waals surface area contributed by atoms with Gasteiger partial charge >= 0.3 is 12.0 Å². The van der Waals surface area contributed by atoms with Crippen molar-refractivity contribution in [2.45, 2.75) is 19.4 Å². The Labute approximate surface area is 157 Å². The number of imide groups is 1. The zero-order valence-corrected chi connectivity index (χ0v) is 15.3. The van der Waals surface area contributed by atoms with E-state index < -0.39 is 23.9 Å². The zero-order chi connectivity index (χ0) is 18.4. The van der Waals surface area contributed by atoms with Crippen LogP contribution in [0.2, 0.25) is 0 Å². The van der Waals surface area contributed by atoms with Crippen molar-refractivity contribution in [1.29, 1.82) is 0 Å². The van der Waals surface area contributed by atoms with Gasteiger partial charge < -0.3 is 19.9 Å². The molecule has 0 bridgehead atoms. The molecule has 0 saturated heterocycles. The number of anilines is 1. The van der Waals surface area contributed by atoms with Crippen LogP contribution in [0.25, 0.3) is 0 Å². The second kappa shape index (κ2) is 9.83. The van der Waals surface area contributed by atoms with Gasteiger partial charge in [-0.15, -0.1) is 12.4 Å².